The van der Waals surface area contributed by atoms with E-state index in [9.17, 15) is 14.4 Å². The lowest BCUT2D eigenvalue weighted by Gasteiger charge is -2.26. The maximum absolute atomic E-state index is 12.6. The number of nitrogens with zero attached hydrogens (tertiary/aromatic N) is 3. The topological polar surface area (TPSA) is 108 Å². The van der Waals surface area contributed by atoms with E-state index in [0.717, 1.165) is 4.90 Å². The molecule has 1 aliphatic rings. The minimum absolute atomic E-state index is 0.111. The molecule has 2 aromatic rings. The van der Waals surface area contributed by atoms with Gasteiger partial charge in [-0.1, -0.05) is 26.0 Å². The van der Waals surface area contributed by atoms with Crippen LogP contribution in [0, 0.1) is 5.92 Å². The Bertz CT molecular complexity index is 750. The molecule has 8 nitrogen and oxygen atoms in total. The molecule has 3 rings (SSSR count). The number of carbonyl (C=O) groups is 3. The van der Waals surface area contributed by atoms with Gasteiger partial charge in [0.15, 0.2) is 0 Å². The first-order chi connectivity index (χ1) is 11.5. The number of imide groups is 1. The molecule has 0 saturated heterocycles. The summed E-state index contributed by atoms with van der Waals surface area (Å²) in [6.07, 6.45) is 1.61. The Balaban J connectivity index is 1.91. The highest BCUT2D eigenvalue weighted by Gasteiger charge is 2.42. The van der Waals surface area contributed by atoms with Crippen molar-refractivity contribution in [3.05, 3.63) is 41.7 Å². The van der Waals surface area contributed by atoms with Gasteiger partial charge >= 0.3 is 0 Å². The Morgan fingerprint density at radius 3 is 2.33 bits per heavy atom. The normalized spacial score (nSPS) is 14.9. The molecular formula is C16H17N5O3. The highest BCUT2D eigenvalue weighted by Crippen LogP contribution is 2.27. The third-order valence-corrected chi connectivity index (χ3v) is 3.79. The van der Waals surface area contributed by atoms with Crippen molar-refractivity contribution in [2.45, 2.75) is 26.3 Å². The Morgan fingerprint density at radius 1 is 1.21 bits per heavy atom. The molecule has 2 N–H and O–H groups in total. The van der Waals surface area contributed by atoms with Gasteiger partial charge in [-0.2, -0.15) is 10.1 Å². The molecule has 0 saturated carbocycles. The van der Waals surface area contributed by atoms with Crippen molar-refractivity contribution in [2.24, 2.45) is 5.92 Å². The average Bonchev–Trinajstić information content (AvgIpc) is 3.14. The monoisotopic (exact) mass is 327 g/mol. The van der Waals surface area contributed by atoms with Crippen LogP contribution in [-0.4, -0.2) is 43.8 Å². The van der Waals surface area contributed by atoms with Gasteiger partial charge in [0.1, 0.15) is 12.4 Å². The van der Waals surface area contributed by atoms with Gasteiger partial charge in [-0.05, 0) is 24.5 Å². The summed E-state index contributed by atoms with van der Waals surface area (Å²) in [6.45, 7) is 3.85. The Hall–Kier alpha value is -3.03. The third kappa shape index (κ3) is 2.78. The summed E-state index contributed by atoms with van der Waals surface area (Å²) in [4.78, 5) is 42.8. The van der Waals surface area contributed by atoms with Crippen LogP contribution < -0.4 is 5.32 Å². The van der Waals surface area contributed by atoms with Gasteiger partial charge in [-0.3, -0.25) is 24.6 Å². The molecule has 3 amide bonds. The van der Waals surface area contributed by atoms with E-state index < -0.39 is 23.8 Å². The van der Waals surface area contributed by atoms with E-state index in [-0.39, 0.29) is 11.9 Å². The molecule has 0 aliphatic carbocycles. The summed E-state index contributed by atoms with van der Waals surface area (Å²) in [5.41, 5.74) is 0.646. The zero-order valence-electron chi connectivity index (χ0n) is 13.3. The second kappa shape index (κ2) is 6.23. The first-order valence-corrected chi connectivity index (χ1v) is 7.62. The van der Waals surface area contributed by atoms with Gasteiger partial charge in [-0.25, -0.2) is 5.10 Å². The van der Waals surface area contributed by atoms with Gasteiger partial charge in [0.25, 0.3) is 11.8 Å². The summed E-state index contributed by atoms with van der Waals surface area (Å²) < 4.78 is 0. The average molecular weight is 327 g/mol. The van der Waals surface area contributed by atoms with Crippen LogP contribution in [0.4, 0.5) is 5.95 Å². The highest BCUT2D eigenvalue weighted by molar-refractivity contribution is 6.23. The van der Waals surface area contributed by atoms with E-state index in [1.54, 1.807) is 24.3 Å². The van der Waals surface area contributed by atoms with Gasteiger partial charge in [0.05, 0.1) is 11.1 Å². The molecule has 2 heterocycles. The van der Waals surface area contributed by atoms with Crippen LogP contribution in [0.3, 0.4) is 0 Å². The van der Waals surface area contributed by atoms with Crippen molar-refractivity contribution in [1.82, 2.24) is 20.1 Å². The molecular weight excluding hydrogens is 310 g/mol. The van der Waals surface area contributed by atoms with Crippen molar-refractivity contribution in [3.63, 3.8) is 0 Å². The third-order valence-electron chi connectivity index (χ3n) is 3.79. The van der Waals surface area contributed by atoms with Crippen LogP contribution >= 0.6 is 0 Å². The molecule has 0 spiro atoms. The van der Waals surface area contributed by atoms with Crippen LogP contribution in [0.2, 0.25) is 0 Å². The van der Waals surface area contributed by atoms with Crippen LogP contribution in [-0.2, 0) is 4.79 Å². The van der Waals surface area contributed by atoms with Gasteiger partial charge in [-0.15, -0.1) is 0 Å². The molecule has 0 radical (unpaired) electrons. The minimum Gasteiger partial charge on any atom is -0.293 e. The molecule has 1 aromatic carbocycles. The number of fused-ring (bicyclic) bond motifs is 1. The molecule has 1 unspecified atom stereocenters. The number of aromatic nitrogens is 3. The number of anilines is 1. The predicted molar refractivity (Wildman–Crippen MR) is 85.2 cm³/mol. The van der Waals surface area contributed by atoms with E-state index in [0.29, 0.717) is 17.5 Å². The molecule has 0 fully saturated rings. The van der Waals surface area contributed by atoms with E-state index >= 15 is 0 Å². The summed E-state index contributed by atoms with van der Waals surface area (Å²) in [6, 6.07) is 5.66. The Kier molecular flexibility index (Phi) is 4.11. The summed E-state index contributed by atoms with van der Waals surface area (Å²) in [5.74, 6) is -1.09. The lowest BCUT2D eigenvalue weighted by molar-refractivity contribution is -0.120. The minimum atomic E-state index is -0.914. The lowest BCUT2D eigenvalue weighted by atomic mass is 10.0. The number of carbonyl (C=O) groups excluding carboxylic acids is 3. The van der Waals surface area contributed by atoms with E-state index in [4.69, 9.17) is 0 Å². The fraction of sp³-hybridized carbons (Fsp3) is 0.312. The molecule has 0 bridgehead atoms. The smallest absolute Gasteiger partial charge is 0.262 e. The second-order valence-electron chi connectivity index (χ2n) is 5.99. The standard InChI is InChI=1S/C16H17N5O3/c1-9(2)7-12(13(22)19-16-17-8-18-20-16)21-14(23)10-5-3-4-6-11(10)15(21)24/h3-6,8-9,12H,7H2,1-2H3,(H2,17,18,19,20,22). The van der Waals surface area contributed by atoms with Crippen LogP contribution in [0.1, 0.15) is 41.0 Å². The number of benzene rings is 1. The zero-order valence-corrected chi connectivity index (χ0v) is 13.3. The zero-order chi connectivity index (χ0) is 17.3. The molecule has 1 atom stereocenters. The molecule has 1 aliphatic heterocycles. The van der Waals surface area contributed by atoms with E-state index in [2.05, 4.69) is 20.5 Å². The fourth-order valence-corrected chi connectivity index (χ4v) is 2.73. The van der Waals surface area contributed by atoms with Crippen LogP contribution in [0.25, 0.3) is 0 Å². The van der Waals surface area contributed by atoms with Crippen molar-refractivity contribution >= 4 is 23.7 Å². The number of aromatic amines is 1. The molecule has 24 heavy (non-hydrogen) atoms. The highest BCUT2D eigenvalue weighted by atomic mass is 16.2. The van der Waals surface area contributed by atoms with Crippen LogP contribution in [0.5, 0.6) is 0 Å². The summed E-state index contributed by atoms with van der Waals surface area (Å²) >= 11 is 0. The van der Waals surface area contributed by atoms with Crippen molar-refractivity contribution < 1.29 is 14.4 Å². The second-order valence-corrected chi connectivity index (χ2v) is 5.99. The quantitative estimate of drug-likeness (QED) is 0.808. The molecule has 1 aromatic heterocycles. The number of H-pyrrole nitrogens is 1. The molecule has 8 heteroatoms. The van der Waals surface area contributed by atoms with Crippen molar-refractivity contribution in [2.75, 3.05) is 5.32 Å². The van der Waals surface area contributed by atoms with Gasteiger partial charge in [0, 0.05) is 0 Å². The van der Waals surface area contributed by atoms with Gasteiger partial charge in [0.2, 0.25) is 11.9 Å². The van der Waals surface area contributed by atoms with Crippen molar-refractivity contribution in [1.29, 1.82) is 0 Å². The number of rotatable bonds is 5. The van der Waals surface area contributed by atoms with Gasteiger partial charge < -0.3 is 0 Å². The maximum atomic E-state index is 12.6. The largest absolute Gasteiger partial charge is 0.293 e. The SMILES string of the molecule is CC(C)CC(C(=O)Nc1ncn[nH]1)N1C(=O)c2ccccc2C1=O. The summed E-state index contributed by atoms with van der Waals surface area (Å²) in [5, 5.41) is 8.74. The number of hydrogen-bond acceptors (Lipinski definition) is 5. The summed E-state index contributed by atoms with van der Waals surface area (Å²) in [7, 11) is 0. The Labute approximate surface area is 138 Å². The number of hydrogen-bond donors (Lipinski definition) is 2. The number of nitrogens with one attached hydrogen (secondary N) is 2. The van der Waals surface area contributed by atoms with E-state index in [1.807, 2.05) is 13.8 Å². The number of amides is 3. The maximum Gasteiger partial charge on any atom is 0.262 e. The Morgan fingerprint density at radius 2 is 1.83 bits per heavy atom. The molecule has 124 valence electrons. The fourth-order valence-electron chi connectivity index (χ4n) is 2.73. The first-order valence-electron chi connectivity index (χ1n) is 7.62. The van der Waals surface area contributed by atoms with Crippen molar-refractivity contribution in [3.8, 4) is 0 Å². The predicted octanol–water partition coefficient (Wildman–Crippen LogP) is 1.45. The van der Waals surface area contributed by atoms with Crippen LogP contribution in [0.15, 0.2) is 30.6 Å². The first kappa shape index (κ1) is 15.9. The van der Waals surface area contributed by atoms with E-state index in [1.165, 1.54) is 6.33 Å². The lowest BCUT2D eigenvalue weighted by Crippen LogP contribution is -2.48.